The van der Waals surface area contributed by atoms with Gasteiger partial charge in [0, 0.05) is 11.6 Å². The zero-order valence-electron chi connectivity index (χ0n) is 7.44. The van der Waals surface area contributed by atoms with Gasteiger partial charge < -0.3 is 0 Å². The minimum Gasteiger partial charge on any atom is -0.215 e. The molecule has 12 heavy (non-hydrogen) atoms. The van der Waals surface area contributed by atoms with Gasteiger partial charge in [0.05, 0.1) is 6.21 Å². The third-order valence-corrected chi connectivity index (χ3v) is 2.21. The van der Waals surface area contributed by atoms with Gasteiger partial charge in [-0.3, -0.25) is 0 Å². The Labute approximate surface area is 72.6 Å². The standard InChI is InChI=1S/C10H13N2/c1-8(2)9-3-4-10-11-5-6-12(10)7-9/h3-8,10H,1-2H3/q+1. The number of aliphatic imine (C=N–C) groups is 1. The van der Waals surface area contributed by atoms with Gasteiger partial charge in [0.2, 0.25) is 0 Å². The first-order chi connectivity index (χ1) is 5.77. The maximum absolute atomic E-state index is 4.27. The van der Waals surface area contributed by atoms with Crippen molar-refractivity contribution in [2.75, 3.05) is 0 Å². The van der Waals surface area contributed by atoms with E-state index in [9.17, 15) is 0 Å². The van der Waals surface area contributed by atoms with E-state index < -0.39 is 0 Å². The molecule has 2 heteroatoms. The topological polar surface area (TPSA) is 15.4 Å². The lowest BCUT2D eigenvalue weighted by Gasteiger charge is -2.10. The Morgan fingerprint density at radius 2 is 2.33 bits per heavy atom. The van der Waals surface area contributed by atoms with E-state index in [0.29, 0.717) is 5.92 Å². The van der Waals surface area contributed by atoms with Crippen LogP contribution in [-0.2, 0) is 0 Å². The molecule has 0 fully saturated rings. The van der Waals surface area contributed by atoms with Gasteiger partial charge in [-0.25, -0.2) is 4.99 Å². The summed E-state index contributed by atoms with van der Waals surface area (Å²) in [4.78, 5) is 4.27. The van der Waals surface area contributed by atoms with Crippen LogP contribution in [0.15, 0.2) is 28.9 Å². The van der Waals surface area contributed by atoms with Gasteiger partial charge in [-0.15, -0.1) is 0 Å². The largest absolute Gasteiger partial charge is 0.270 e. The maximum atomic E-state index is 4.27. The molecule has 1 atom stereocenters. The highest BCUT2D eigenvalue weighted by Gasteiger charge is 2.22. The quantitative estimate of drug-likeness (QED) is 0.519. The molecule has 2 rings (SSSR count). The van der Waals surface area contributed by atoms with Crippen LogP contribution in [0.2, 0.25) is 0 Å². The molecule has 0 bridgehead atoms. The van der Waals surface area contributed by atoms with Crippen molar-refractivity contribution in [2.24, 2.45) is 10.9 Å². The summed E-state index contributed by atoms with van der Waals surface area (Å²) in [5.74, 6) is 0.594. The third-order valence-electron chi connectivity index (χ3n) is 2.21. The van der Waals surface area contributed by atoms with Crippen molar-refractivity contribution < 1.29 is 4.58 Å². The van der Waals surface area contributed by atoms with Crippen molar-refractivity contribution in [2.45, 2.75) is 20.0 Å². The van der Waals surface area contributed by atoms with Crippen LogP contribution in [0.4, 0.5) is 0 Å². The number of hydrogen-bond donors (Lipinski definition) is 0. The Hall–Kier alpha value is -1.18. The van der Waals surface area contributed by atoms with Gasteiger partial charge in [-0.1, -0.05) is 13.8 Å². The van der Waals surface area contributed by atoms with Crippen molar-refractivity contribution in [1.29, 1.82) is 0 Å². The second kappa shape index (κ2) is 2.70. The summed E-state index contributed by atoms with van der Waals surface area (Å²) in [6.45, 7) is 4.40. The lowest BCUT2D eigenvalue weighted by atomic mass is 10.0. The average molecular weight is 161 g/mol. The lowest BCUT2D eigenvalue weighted by molar-refractivity contribution is -0.477. The summed E-state index contributed by atoms with van der Waals surface area (Å²) in [5.41, 5.74) is 1.37. The molecule has 0 N–H and O–H groups in total. The molecule has 2 heterocycles. The van der Waals surface area contributed by atoms with Crippen molar-refractivity contribution >= 4 is 12.4 Å². The molecule has 0 aliphatic carbocycles. The molecule has 0 aromatic heterocycles. The van der Waals surface area contributed by atoms with Crippen LogP contribution in [0.1, 0.15) is 13.8 Å². The average Bonchev–Trinajstić information content (AvgIpc) is 2.49. The molecular formula is C10H13N2+. The molecule has 2 nitrogen and oxygen atoms in total. The molecule has 2 aliphatic rings. The molecule has 0 radical (unpaired) electrons. The van der Waals surface area contributed by atoms with Crippen LogP contribution < -0.4 is 0 Å². The molecule has 1 unspecified atom stereocenters. The van der Waals surface area contributed by atoms with Crippen molar-refractivity contribution in [3.8, 4) is 0 Å². The number of fused-ring (bicyclic) bond motifs is 1. The minimum atomic E-state index is 0.229. The van der Waals surface area contributed by atoms with Crippen molar-refractivity contribution in [1.82, 2.24) is 0 Å². The summed E-state index contributed by atoms with van der Waals surface area (Å²) >= 11 is 0. The summed E-state index contributed by atoms with van der Waals surface area (Å²) in [7, 11) is 0. The van der Waals surface area contributed by atoms with E-state index in [0.717, 1.165) is 0 Å². The molecule has 0 aromatic carbocycles. The molecule has 2 aliphatic heterocycles. The van der Waals surface area contributed by atoms with Gasteiger partial charge in [-0.2, -0.15) is 4.58 Å². The fourth-order valence-electron chi connectivity index (χ4n) is 1.39. The van der Waals surface area contributed by atoms with Crippen LogP contribution in [0.25, 0.3) is 0 Å². The lowest BCUT2D eigenvalue weighted by Crippen LogP contribution is -2.18. The number of allylic oxidation sites excluding steroid dienone is 2. The smallest absolute Gasteiger partial charge is 0.215 e. The zero-order chi connectivity index (χ0) is 8.55. The van der Waals surface area contributed by atoms with Gasteiger partial charge in [-0.05, 0) is 12.0 Å². The van der Waals surface area contributed by atoms with Gasteiger partial charge >= 0.3 is 0 Å². The Kier molecular flexibility index (Phi) is 1.68. The zero-order valence-corrected chi connectivity index (χ0v) is 7.44. The van der Waals surface area contributed by atoms with E-state index in [4.69, 9.17) is 0 Å². The van der Waals surface area contributed by atoms with Crippen molar-refractivity contribution in [3.63, 3.8) is 0 Å². The highest BCUT2D eigenvalue weighted by molar-refractivity contribution is 6.14. The van der Waals surface area contributed by atoms with Crippen LogP contribution in [-0.4, -0.2) is 23.2 Å². The first-order valence-corrected chi connectivity index (χ1v) is 4.31. The monoisotopic (exact) mass is 161 g/mol. The Morgan fingerprint density at radius 1 is 1.50 bits per heavy atom. The molecule has 0 saturated carbocycles. The Balaban J connectivity index is 2.28. The van der Waals surface area contributed by atoms with E-state index in [1.807, 2.05) is 12.4 Å². The van der Waals surface area contributed by atoms with E-state index >= 15 is 0 Å². The first-order valence-electron chi connectivity index (χ1n) is 4.31. The molecule has 0 saturated heterocycles. The van der Waals surface area contributed by atoms with E-state index in [1.165, 1.54) is 5.57 Å². The SMILES string of the molecule is CC(C)C1=C[N+]2=CC=NC2C=C1. The number of nitrogens with zero attached hydrogens (tertiary/aromatic N) is 2. The summed E-state index contributed by atoms with van der Waals surface area (Å²) in [5, 5.41) is 0. The second-order valence-corrected chi connectivity index (χ2v) is 3.45. The normalized spacial score (nSPS) is 25.8. The predicted octanol–water partition coefficient (Wildman–Crippen LogP) is 1.59. The second-order valence-electron chi connectivity index (χ2n) is 3.45. The highest BCUT2D eigenvalue weighted by atomic mass is 15.2. The van der Waals surface area contributed by atoms with Crippen LogP contribution >= 0.6 is 0 Å². The maximum Gasteiger partial charge on any atom is 0.270 e. The first kappa shape index (κ1) is 7.47. The fourth-order valence-corrected chi connectivity index (χ4v) is 1.39. The van der Waals surface area contributed by atoms with Crippen LogP contribution in [0.5, 0.6) is 0 Å². The van der Waals surface area contributed by atoms with E-state index in [2.05, 4.69) is 41.8 Å². The summed E-state index contributed by atoms with van der Waals surface area (Å²) < 4.78 is 2.13. The van der Waals surface area contributed by atoms with Gasteiger partial charge in [0.15, 0.2) is 12.4 Å². The Morgan fingerprint density at radius 3 is 3.08 bits per heavy atom. The fraction of sp³-hybridized carbons (Fsp3) is 0.400. The van der Waals surface area contributed by atoms with E-state index in [1.54, 1.807) is 0 Å². The van der Waals surface area contributed by atoms with Gasteiger partial charge in [0.25, 0.3) is 6.17 Å². The highest BCUT2D eigenvalue weighted by Crippen LogP contribution is 2.18. The predicted molar refractivity (Wildman–Crippen MR) is 50.7 cm³/mol. The third kappa shape index (κ3) is 1.13. The summed E-state index contributed by atoms with van der Waals surface area (Å²) in [6, 6.07) is 0. The Bertz CT molecular complexity index is 306. The number of hydrogen-bond acceptors (Lipinski definition) is 1. The molecule has 0 aromatic rings. The molecule has 0 spiro atoms. The molecular weight excluding hydrogens is 148 g/mol. The van der Waals surface area contributed by atoms with Crippen molar-refractivity contribution in [3.05, 3.63) is 23.9 Å². The summed E-state index contributed by atoms with van der Waals surface area (Å²) in [6.07, 6.45) is 10.6. The van der Waals surface area contributed by atoms with Gasteiger partial charge in [0.1, 0.15) is 0 Å². The minimum absolute atomic E-state index is 0.229. The molecule has 0 amide bonds. The van der Waals surface area contributed by atoms with Crippen LogP contribution in [0.3, 0.4) is 0 Å². The number of rotatable bonds is 1. The van der Waals surface area contributed by atoms with E-state index in [-0.39, 0.29) is 6.17 Å². The molecule has 62 valence electrons. The van der Waals surface area contributed by atoms with Crippen LogP contribution in [0, 0.1) is 5.92 Å².